The molecule has 23 heavy (non-hydrogen) atoms. The number of rotatable bonds is 4. The van der Waals surface area contributed by atoms with Crippen molar-refractivity contribution < 1.29 is 8.42 Å². The third-order valence-electron chi connectivity index (χ3n) is 3.78. The summed E-state index contributed by atoms with van der Waals surface area (Å²) in [4.78, 5) is 7.96. The maximum Gasteiger partial charge on any atom is 0.227 e. The molecule has 5 nitrogen and oxygen atoms in total. The van der Waals surface area contributed by atoms with Gasteiger partial charge in [-0.15, -0.1) is 0 Å². The van der Waals surface area contributed by atoms with Crippen molar-refractivity contribution in [2.24, 2.45) is 5.14 Å². The van der Waals surface area contributed by atoms with Gasteiger partial charge in [0.25, 0.3) is 0 Å². The van der Waals surface area contributed by atoms with Crippen LogP contribution in [0.5, 0.6) is 0 Å². The minimum Gasteiger partial charge on any atom is -0.265 e. The van der Waals surface area contributed by atoms with Crippen LogP contribution >= 0.6 is 0 Å². The molecule has 0 amide bonds. The predicted octanol–water partition coefficient (Wildman–Crippen LogP) is 2.06. The van der Waals surface area contributed by atoms with E-state index in [1.807, 2.05) is 6.07 Å². The molecule has 0 saturated heterocycles. The first-order valence-corrected chi connectivity index (χ1v) is 8.50. The summed E-state index contributed by atoms with van der Waals surface area (Å²) in [6.07, 6.45) is 6.22. The number of hydrogen-bond acceptors (Lipinski definition) is 4. The molecular weight excluding hydrogens is 310 g/mol. The van der Waals surface area contributed by atoms with Crippen molar-refractivity contribution in [1.29, 1.82) is 0 Å². The van der Waals surface area contributed by atoms with Gasteiger partial charge >= 0.3 is 0 Å². The highest BCUT2D eigenvalue weighted by atomic mass is 32.2. The molecule has 0 spiro atoms. The molecule has 0 aliphatic rings. The largest absolute Gasteiger partial charge is 0.265 e. The zero-order valence-corrected chi connectivity index (χ0v) is 13.0. The fourth-order valence-corrected chi connectivity index (χ4v) is 4.23. The van der Waals surface area contributed by atoms with Crippen LogP contribution in [0.3, 0.4) is 0 Å². The summed E-state index contributed by atoms with van der Waals surface area (Å²) in [7, 11) is -4.04. The van der Waals surface area contributed by atoms with Crippen LogP contribution in [0.25, 0.3) is 0 Å². The number of pyridine rings is 2. The van der Waals surface area contributed by atoms with Crippen LogP contribution in [0, 0.1) is 0 Å². The molecule has 116 valence electrons. The van der Waals surface area contributed by atoms with E-state index in [2.05, 4.69) is 9.97 Å². The Morgan fingerprint density at radius 2 is 1.09 bits per heavy atom. The summed E-state index contributed by atoms with van der Waals surface area (Å²) < 4.78 is 24.1. The quantitative estimate of drug-likeness (QED) is 0.795. The molecule has 6 heteroatoms. The van der Waals surface area contributed by atoms with E-state index in [0.29, 0.717) is 16.7 Å². The maximum absolute atomic E-state index is 12.8. The molecular formula is C17H15N3O2S. The Kier molecular flexibility index (Phi) is 3.94. The molecule has 0 saturated carbocycles. The highest BCUT2D eigenvalue weighted by molar-refractivity contribution is 7.90. The fourth-order valence-electron chi connectivity index (χ4n) is 2.84. The first-order valence-electron chi connectivity index (χ1n) is 6.95. The van der Waals surface area contributed by atoms with Gasteiger partial charge in [0.15, 0.2) is 4.75 Å². The number of benzene rings is 1. The zero-order chi connectivity index (χ0) is 16.3. The minimum atomic E-state index is -4.04. The van der Waals surface area contributed by atoms with Crippen molar-refractivity contribution in [3.63, 3.8) is 0 Å². The Balaban J connectivity index is 2.46. The fraction of sp³-hybridized carbons (Fsp3) is 0.0588. The molecule has 0 radical (unpaired) electrons. The molecule has 3 rings (SSSR count). The van der Waals surface area contributed by atoms with Gasteiger partial charge in [-0.1, -0.05) is 30.3 Å². The van der Waals surface area contributed by atoms with Crippen molar-refractivity contribution >= 4 is 10.0 Å². The summed E-state index contributed by atoms with van der Waals surface area (Å²) in [5.41, 5.74) is 1.64. The molecule has 2 N–H and O–H groups in total. The van der Waals surface area contributed by atoms with Gasteiger partial charge < -0.3 is 0 Å². The van der Waals surface area contributed by atoms with Crippen LogP contribution in [0.1, 0.15) is 16.7 Å². The number of hydrogen-bond donors (Lipinski definition) is 1. The molecule has 1 aromatic carbocycles. The van der Waals surface area contributed by atoms with E-state index in [9.17, 15) is 8.42 Å². The van der Waals surface area contributed by atoms with Gasteiger partial charge in [-0.3, -0.25) is 9.97 Å². The van der Waals surface area contributed by atoms with Gasteiger partial charge in [-0.2, -0.15) is 0 Å². The van der Waals surface area contributed by atoms with Crippen molar-refractivity contribution in [3.05, 3.63) is 96.1 Å². The summed E-state index contributed by atoms with van der Waals surface area (Å²) in [6.45, 7) is 0. The van der Waals surface area contributed by atoms with Crippen LogP contribution in [-0.4, -0.2) is 18.4 Å². The lowest BCUT2D eigenvalue weighted by molar-refractivity contribution is 0.574. The monoisotopic (exact) mass is 325 g/mol. The summed E-state index contributed by atoms with van der Waals surface area (Å²) >= 11 is 0. The van der Waals surface area contributed by atoms with Gasteiger partial charge in [0.2, 0.25) is 10.0 Å². The van der Waals surface area contributed by atoms with Crippen LogP contribution < -0.4 is 5.14 Å². The third kappa shape index (κ3) is 2.52. The normalized spacial score (nSPS) is 12.0. The van der Waals surface area contributed by atoms with Crippen LogP contribution in [0.15, 0.2) is 79.4 Å². The highest BCUT2D eigenvalue weighted by Gasteiger charge is 2.46. The second kappa shape index (κ2) is 5.91. The first kappa shape index (κ1) is 15.3. The average Bonchev–Trinajstić information content (AvgIpc) is 2.57. The van der Waals surface area contributed by atoms with Crippen molar-refractivity contribution in [2.45, 2.75) is 4.75 Å². The molecule has 2 aromatic heterocycles. The number of primary sulfonamides is 1. The standard InChI is InChI=1S/C17H15N3O2S/c18-23(21,22)17(14-4-2-1-3-5-14,15-6-10-19-11-7-15)16-8-12-20-13-9-16/h1-13H,(H2,18,21,22). The van der Waals surface area contributed by atoms with Crippen molar-refractivity contribution in [2.75, 3.05) is 0 Å². The number of nitrogens with two attached hydrogens (primary N) is 1. The van der Waals surface area contributed by atoms with Gasteiger partial charge in [-0.05, 0) is 41.0 Å². The Hall–Kier alpha value is -2.57. The van der Waals surface area contributed by atoms with Crippen molar-refractivity contribution in [1.82, 2.24) is 9.97 Å². The number of aromatic nitrogens is 2. The van der Waals surface area contributed by atoms with E-state index in [0.717, 1.165) is 0 Å². The van der Waals surface area contributed by atoms with E-state index in [4.69, 9.17) is 5.14 Å². The van der Waals surface area contributed by atoms with Gasteiger partial charge in [0.1, 0.15) is 0 Å². The smallest absolute Gasteiger partial charge is 0.227 e. The first-order chi connectivity index (χ1) is 11.1. The molecule has 0 aliphatic carbocycles. The van der Waals surface area contributed by atoms with E-state index in [1.54, 1.807) is 73.3 Å². The molecule has 0 fully saturated rings. The molecule has 0 atom stereocenters. The van der Waals surface area contributed by atoms with Gasteiger partial charge in [0.05, 0.1) is 0 Å². The predicted molar refractivity (Wildman–Crippen MR) is 87.9 cm³/mol. The van der Waals surface area contributed by atoms with E-state index in [1.165, 1.54) is 0 Å². The number of sulfonamides is 1. The Labute approximate surface area is 134 Å². The maximum atomic E-state index is 12.8. The van der Waals surface area contributed by atoms with Crippen molar-refractivity contribution in [3.8, 4) is 0 Å². The van der Waals surface area contributed by atoms with E-state index < -0.39 is 14.8 Å². The van der Waals surface area contributed by atoms with Gasteiger partial charge in [0, 0.05) is 24.8 Å². The lowest BCUT2D eigenvalue weighted by Crippen LogP contribution is -2.43. The summed E-state index contributed by atoms with van der Waals surface area (Å²) in [5.74, 6) is 0. The topological polar surface area (TPSA) is 85.9 Å². The average molecular weight is 325 g/mol. The summed E-state index contributed by atoms with van der Waals surface area (Å²) in [6, 6.07) is 15.6. The Bertz CT molecular complexity index is 786. The Morgan fingerprint density at radius 1 is 0.696 bits per heavy atom. The molecule has 0 bridgehead atoms. The minimum absolute atomic E-state index is 0.535. The lowest BCUT2D eigenvalue weighted by Gasteiger charge is -2.33. The van der Waals surface area contributed by atoms with E-state index >= 15 is 0 Å². The second-order valence-corrected chi connectivity index (χ2v) is 6.77. The SMILES string of the molecule is NS(=O)(=O)C(c1ccccc1)(c1ccncc1)c1ccncc1. The van der Waals surface area contributed by atoms with Crippen LogP contribution in [0.2, 0.25) is 0 Å². The summed E-state index contributed by atoms with van der Waals surface area (Å²) in [5, 5.41) is 5.74. The molecule has 0 aliphatic heterocycles. The molecule has 0 unspecified atom stereocenters. The lowest BCUT2D eigenvalue weighted by atomic mass is 9.85. The number of nitrogens with zero attached hydrogens (tertiary/aromatic N) is 2. The molecule has 3 aromatic rings. The van der Waals surface area contributed by atoms with Crippen LogP contribution in [-0.2, 0) is 14.8 Å². The van der Waals surface area contributed by atoms with E-state index in [-0.39, 0.29) is 0 Å². The Morgan fingerprint density at radius 3 is 1.48 bits per heavy atom. The molecule has 2 heterocycles. The third-order valence-corrected chi connectivity index (χ3v) is 5.34. The van der Waals surface area contributed by atoms with Gasteiger partial charge in [-0.25, -0.2) is 13.6 Å². The van der Waals surface area contributed by atoms with Crippen LogP contribution in [0.4, 0.5) is 0 Å². The highest BCUT2D eigenvalue weighted by Crippen LogP contribution is 2.42. The second-order valence-electron chi connectivity index (χ2n) is 5.06. The zero-order valence-electron chi connectivity index (χ0n) is 12.2.